The van der Waals surface area contributed by atoms with Crippen LogP contribution in [0.25, 0.3) is 0 Å². The van der Waals surface area contributed by atoms with Crippen LogP contribution in [0.5, 0.6) is 11.5 Å². The number of halogens is 1. The molecule has 2 unspecified atom stereocenters. The molecule has 1 aliphatic rings. The fraction of sp³-hybridized carbons (Fsp3) is 0.650. The van der Waals surface area contributed by atoms with Gasteiger partial charge >= 0.3 is 0 Å². The first kappa shape index (κ1) is 24.2. The number of ether oxygens (including phenoxy) is 2. The molecule has 2 N–H and O–H groups in total. The van der Waals surface area contributed by atoms with E-state index in [2.05, 4.69) is 23.8 Å². The Morgan fingerprint density at radius 2 is 2.07 bits per heavy atom. The first-order valence-electron chi connectivity index (χ1n) is 9.57. The van der Waals surface area contributed by atoms with Crippen molar-refractivity contribution >= 4 is 41.7 Å². The summed E-state index contributed by atoms with van der Waals surface area (Å²) in [5.41, 5.74) is 1.11. The molecule has 0 spiro atoms. The van der Waals surface area contributed by atoms with Crippen molar-refractivity contribution in [2.24, 2.45) is 4.99 Å². The summed E-state index contributed by atoms with van der Waals surface area (Å²) in [4.78, 5) is 4.78. The lowest BCUT2D eigenvalue weighted by Crippen LogP contribution is -2.45. The number of thioether (sulfide) groups is 1. The van der Waals surface area contributed by atoms with Crippen LogP contribution in [0, 0.1) is 0 Å². The summed E-state index contributed by atoms with van der Waals surface area (Å²) >= 11 is 1.98. The fourth-order valence-electron chi connectivity index (χ4n) is 3.26. The number of methoxy groups -OCH3 is 1. The van der Waals surface area contributed by atoms with Gasteiger partial charge in [-0.25, -0.2) is 4.99 Å². The van der Waals surface area contributed by atoms with Crippen LogP contribution in [-0.4, -0.2) is 43.8 Å². The second-order valence-electron chi connectivity index (χ2n) is 6.48. The molecule has 1 saturated carbocycles. The number of rotatable bonds is 8. The Balaban J connectivity index is 0.00000364. The summed E-state index contributed by atoms with van der Waals surface area (Å²) in [6, 6.07) is 6.51. The topological polar surface area (TPSA) is 54.9 Å². The third-order valence-electron chi connectivity index (χ3n) is 4.59. The maximum Gasteiger partial charge on any atom is 0.191 e. The molecule has 0 radical (unpaired) electrons. The Hall–Kier alpha value is -0.830. The van der Waals surface area contributed by atoms with Crippen LogP contribution >= 0.6 is 35.7 Å². The van der Waals surface area contributed by atoms with Crippen LogP contribution in [0.2, 0.25) is 0 Å². The van der Waals surface area contributed by atoms with Gasteiger partial charge in [0.25, 0.3) is 0 Å². The highest BCUT2D eigenvalue weighted by Crippen LogP contribution is 2.28. The number of hydrogen-bond donors (Lipinski definition) is 2. The first-order valence-corrected chi connectivity index (χ1v) is 10.9. The van der Waals surface area contributed by atoms with Crippen molar-refractivity contribution in [2.45, 2.75) is 57.4 Å². The Bertz CT molecular complexity index is 586. The van der Waals surface area contributed by atoms with Crippen molar-refractivity contribution in [1.82, 2.24) is 10.6 Å². The zero-order valence-electron chi connectivity index (χ0n) is 16.9. The summed E-state index contributed by atoms with van der Waals surface area (Å²) < 4.78 is 11.0. The molecule has 154 valence electrons. The summed E-state index contributed by atoms with van der Waals surface area (Å²) in [6.45, 7) is 6.16. The van der Waals surface area contributed by atoms with E-state index < -0.39 is 0 Å². The van der Waals surface area contributed by atoms with Crippen LogP contribution in [0.3, 0.4) is 0 Å². The predicted octanol–water partition coefficient (Wildman–Crippen LogP) is 4.44. The van der Waals surface area contributed by atoms with Gasteiger partial charge in [0, 0.05) is 17.8 Å². The van der Waals surface area contributed by atoms with Crippen molar-refractivity contribution in [3.63, 3.8) is 0 Å². The molecule has 5 nitrogen and oxygen atoms in total. The van der Waals surface area contributed by atoms with Crippen molar-refractivity contribution in [2.75, 3.05) is 26.5 Å². The average molecular weight is 507 g/mol. The Morgan fingerprint density at radius 1 is 1.26 bits per heavy atom. The Labute approximate surface area is 185 Å². The molecule has 1 aromatic rings. The van der Waals surface area contributed by atoms with E-state index in [0.29, 0.717) is 19.2 Å². The molecule has 1 fully saturated rings. The summed E-state index contributed by atoms with van der Waals surface area (Å²) in [6.07, 6.45) is 7.27. The van der Waals surface area contributed by atoms with E-state index in [1.807, 2.05) is 36.9 Å². The van der Waals surface area contributed by atoms with Gasteiger partial charge in [0.1, 0.15) is 0 Å². The molecule has 2 atom stereocenters. The Morgan fingerprint density at radius 3 is 2.74 bits per heavy atom. The van der Waals surface area contributed by atoms with E-state index in [0.717, 1.165) is 34.8 Å². The van der Waals surface area contributed by atoms with Crippen LogP contribution < -0.4 is 20.1 Å². The van der Waals surface area contributed by atoms with Gasteiger partial charge in [0.15, 0.2) is 17.5 Å². The maximum absolute atomic E-state index is 5.66. The monoisotopic (exact) mass is 507 g/mol. The minimum atomic E-state index is 0. The van der Waals surface area contributed by atoms with Crippen LogP contribution in [0.4, 0.5) is 0 Å². The van der Waals surface area contributed by atoms with Crippen LogP contribution in [-0.2, 0) is 6.54 Å². The van der Waals surface area contributed by atoms with E-state index in [4.69, 9.17) is 14.5 Å². The van der Waals surface area contributed by atoms with Crippen molar-refractivity contribution in [1.29, 1.82) is 0 Å². The van der Waals surface area contributed by atoms with Gasteiger partial charge in [0.2, 0.25) is 0 Å². The zero-order chi connectivity index (χ0) is 18.8. The van der Waals surface area contributed by atoms with E-state index in [-0.39, 0.29) is 24.0 Å². The molecular weight excluding hydrogens is 473 g/mol. The average Bonchev–Trinajstić information content (AvgIpc) is 2.67. The van der Waals surface area contributed by atoms with E-state index >= 15 is 0 Å². The summed E-state index contributed by atoms with van der Waals surface area (Å²) in [5, 5.41) is 7.76. The van der Waals surface area contributed by atoms with Gasteiger partial charge < -0.3 is 20.1 Å². The minimum absolute atomic E-state index is 0. The molecule has 1 aromatic carbocycles. The largest absolute Gasteiger partial charge is 0.493 e. The molecule has 1 aliphatic carbocycles. The number of aliphatic imine (C=N–C) groups is 1. The van der Waals surface area contributed by atoms with Gasteiger partial charge in [-0.3, -0.25) is 0 Å². The highest BCUT2D eigenvalue weighted by Gasteiger charge is 2.21. The lowest BCUT2D eigenvalue weighted by Gasteiger charge is -2.29. The SMILES string of the molecule is CCNC(=NCc1ccc(OC)c(OCC)c1)NC1CCCC(SC)C1.I. The summed E-state index contributed by atoms with van der Waals surface area (Å²) in [7, 11) is 1.66. The van der Waals surface area contributed by atoms with Gasteiger partial charge in [-0.05, 0) is 57.1 Å². The molecule has 0 amide bonds. The molecule has 0 aliphatic heterocycles. The third-order valence-corrected chi connectivity index (χ3v) is 5.69. The van der Waals surface area contributed by atoms with Crippen molar-refractivity contribution in [3.8, 4) is 11.5 Å². The normalized spacial score (nSPS) is 19.8. The highest BCUT2D eigenvalue weighted by atomic mass is 127. The molecule has 27 heavy (non-hydrogen) atoms. The second-order valence-corrected chi connectivity index (χ2v) is 7.62. The number of benzene rings is 1. The lowest BCUT2D eigenvalue weighted by molar-refractivity contribution is 0.310. The van der Waals surface area contributed by atoms with Crippen LogP contribution in [0.15, 0.2) is 23.2 Å². The number of nitrogens with zero attached hydrogens (tertiary/aromatic N) is 1. The molecule has 0 saturated heterocycles. The van der Waals surface area contributed by atoms with Crippen LogP contribution in [0.1, 0.15) is 45.1 Å². The maximum atomic E-state index is 5.66. The zero-order valence-corrected chi connectivity index (χ0v) is 20.1. The van der Waals surface area contributed by atoms with E-state index in [1.165, 1.54) is 25.7 Å². The number of hydrogen-bond acceptors (Lipinski definition) is 4. The van der Waals surface area contributed by atoms with Gasteiger partial charge in [-0.15, -0.1) is 24.0 Å². The van der Waals surface area contributed by atoms with Gasteiger partial charge in [-0.1, -0.05) is 12.5 Å². The van der Waals surface area contributed by atoms with E-state index in [1.54, 1.807) is 7.11 Å². The summed E-state index contributed by atoms with van der Waals surface area (Å²) in [5.74, 6) is 2.43. The fourth-order valence-corrected chi connectivity index (χ4v) is 4.09. The first-order chi connectivity index (χ1) is 12.7. The van der Waals surface area contributed by atoms with E-state index in [9.17, 15) is 0 Å². The molecule has 0 heterocycles. The van der Waals surface area contributed by atoms with Gasteiger partial charge in [0.05, 0.1) is 20.3 Å². The minimum Gasteiger partial charge on any atom is -0.493 e. The second kappa shape index (κ2) is 13.4. The quantitative estimate of drug-likeness (QED) is 0.310. The highest BCUT2D eigenvalue weighted by molar-refractivity contribution is 14.0. The lowest BCUT2D eigenvalue weighted by atomic mass is 9.95. The number of nitrogens with one attached hydrogen (secondary N) is 2. The molecule has 7 heteroatoms. The standard InChI is InChI=1S/C20H33N3O2S.HI/c1-5-21-20(23-16-8-7-9-17(13-16)26-4)22-14-15-10-11-18(24-3)19(12-15)25-6-2;/h10-12,16-17H,5-9,13-14H2,1-4H3,(H2,21,22,23);1H. The number of guanidine groups is 1. The smallest absolute Gasteiger partial charge is 0.191 e. The van der Waals surface area contributed by atoms with Crippen molar-refractivity contribution < 1.29 is 9.47 Å². The predicted molar refractivity (Wildman–Crippen MR) is 127 cm³/mol. The Kier molecular flexibility index (Phi) is 12.0. The molecule has 0 bridgehead atoms. The molecule has 0 aromatic heterocycles. The van der Waals surface area contributed by atoms with Crippen molar-refractivity contribution in [3.05, 3.63) is 23.8 Å². The molecule has 2 rings (SSSR count). The molecular formula is C20H34IN3O2S. The van der Waals surface area contributed by atoms with Gasteiger partial charge in [-0.2, -0.15) is 11.8 Å². The third kappa shape index (κ3) is 7.97.